The van der Waals surface area contributed by atoms with Crippen LogP contribution in [0.5, 0.6) is 5.75 Å². The monoisotopic (exact) mass is 467 g/mol. The van der Waals surface area contributed by atoms with Gasteiger partial charge in [-0.1, -0.05) is 12.1 Å². The fourth-order valence-corrected chi connectivity index (χ4v) is 3.13. The number of benzene rings is 2. The lowest BCUT2D eigenvalue weighted by molar-refractivity contribution is 0.0948. The van der Waals surface area contributed by atoms with E-state index in [2.05, 4.69) is 20.5 Å². The van der Waals surface area contributed by atoms with Crippen molar-refractivity contribution in [3.63, 3.8) is 0 Å². The number of nitrogens with zero attached hydrogens (tertiary/aromatic N) is 3. The van der Waals surface area contributed by atoms with Crippen molar-refractivity contribution in [2.45, 2.75) is 6.92 Å². The highest BCUT2D eigenvalue weighted by Crippen LogP contribution is 2.20. The minimum Gasteiger partial charge on any atom is -0.494 e. The first-order valence-corrected chi connectivity index (χ1v) is 11.6. The molecule has 0 bridgehead atoms. The molecule has 0 unspecified atom stereocenters. The zero-order valence-corrected chi connectivity index (χ0v) is 18.7. The Morgan fingerprint density at radius 1 is 1.03 bits per heavy atom. The smallest absolute Gasteiger partial charge is 0.291 e. The number of rotatable bonds is 8. The lowest BCUT2D eigenvalue weighted by Crippen LogP contribution is -2.29. The van der Waals surface area contributed by atoms with Crippen molar-refractivity contribution in [2.24, 2.45) is 5.10 Å². The van der Waals surface area contributed by atoms with Crippen LogP contribution < -0.4 is 14.9 Å². The van der Waals surface area contributed by atoms with E-state index < -0.39 is 21.8 Å². The van der Waals surface area contributed by atoms with Crippen molar-refractivity contribution in [1.29, 1.82) is 0 Å². The van der Waals surface area contributed by atoms with Gasteiger partial charge in [-0.3, -0.25) is 14.6 Å². The first-order valence-electron chi connectivity index (χ1n) is 9.76. The van der Waals surface area contributed by atoms with Crippen LogP contribution in [0.1, 0.15) is 33.3 Å². The van der Waals surface area contributed by atoms with E-state index in [4.69, 9.17) is 4.74 Å². The van der Waals surface area contributed by atoms with Crippen LogP contribution >= 0.6 is 0 Å². The molecule has 3 aromatic rings. The minimum atomic E-state index is -3.65. The molecule has 0 saturated heterocycles. The molecule has 2 amide bonds. The summed E-state index contributed by atoms with van der Waals surface area (Å²) in [5.74, 6) is -0.544. The van der Waals surface area contributed by atoms with Crippen molar-refractivity contribution in [1.82, 2.24) is 20.1 Å². The average Bonchev–Trinajstić information content (AvgIpc) is 2.79. The maximum absolute atomic E-state index is 12.4. The lowest BCUT2D eigenvalue weighted by Gasteiger charge is -2.06. The Morgan fingerprint density at radius 3 is 2.36 bits per heavy atom. The molecule has 2 N–H and O–H groups in total. The summed E-state index contributed by atoms with van der Waals surface area (Å²) in [7, 11) is -3.65. The second kappa shape index (κ2) is 10.5. The number of ether oxygens (including phenoxy) is 1. The number of amides is 2. The minimum absolute atomic E-state index is 0.0892. The summed E-state index contributed by atoms with van der Waals surface area (Å²) in [6.45, 7) is 2.47. The Kier molecular flexibility index (Phi) is 7.46. The normalized spacial score (nSPS) is 11.2. The van der Waals surface area contributed by atoms with Crippen molar-refractivity contribution < 1.29 is 22.7 Å². The lowest BCUT2D eigenvalue weighted by atomic mass is 10.1. The summed E-state index contributed by atoms with van der Waals surface area (Å²) in [5, 5.41) is 3.88. The number of hydrogen-bond donors (Lipinski definition) is 2. The van der Waals surface area contributed by atoms with Crippen molar-refractivity contribution in [3.05, 3.63) is 77.7 Å². The van der Waals surface area contributed by atoms with Gasteiger partial charge in [0, 0.05) is 11.1 Å². The van der Waals surface area contributed by atoms with Gasteiger partial charge in [0.15, 0.2) is 0 Å². The third-order valence-electron chi connectivity index (χ3n) is 4.16. The van der Waals surface area contributed by atoms with Gasteiger partial charge in [0.05, 0.1) is 37.2 Å². The maximum atomic E-state index is 12.4. The summed E-state index contributed by atoms with van der Waals surface area (Å²) in [6.07, 6.45) is 5.15. The molecule has 0 atom stereocenters. The van der Waals surface area contributed by atoms with Gasteiger partial charge in [0.25, 0.3) is 11.8 Å². The van der Waals surface area contributed by atoms with Gasteiger partial charge >= 0.3 is 0 Å². The number of carbonyl (C=O) groups is 2. The second-order valence-corrected chi connectivity index (χ2v) is 8.52. The molecule has 2 aromatic carbocycles. The van der Waals surface area contributed by atoms with Crippen molar-refractivity contribution >= 4 is 28.1 Å². The van der Waals surface area contributed by atoms with Gasteiger partial charge in [-0.25, -0.2) is 23.5 Å². The summed E-state index contributed by atoms with van der Waals surface area (Å²) in [5.41, 5.74) is 4.52. The van der Waals surface area contributed by atoms with Crippen LogP contribution in [0.15, 0.2) is 66.0 Å². The molecule has 1 heterocycles. The maximum Gasteiger partial charge on any atom is 0.291 e. The van der Waals surface area contributed by atoms with E-state index in [1.54, 1.807) is 18.3 Å². The predicted octanol–water partition coefficient (Wildman–Crippen LogP) is 2.00. The highest BCUT2D eigenvalue weighted by molar-refractivity contribution is 7.89. The summed E-state index contributed by atoms with van der Waals surface area (Å²) < 4.78 is 29.6. The van der Waals surface area contributed by atoms with Crippen LogP contribution in [-0.4, -0.2) is 49.3 Å². The highest BCUT2D eigenvalue weighted by atomic mass is 32.2. The fraction of sp³-hybridized carbons (Fsp3) is 0.136. The van der Waals surface area contributed by atoms with Gasteiger partial charge in [-0.2, -0.15) is 5.10 Å². The SMILES string of the molecule is CCOc1ccc(-c2cncc(C(=O)N/N=C/c3ccc(C(=O)NS(C)(=O)=O)cc3)n2)cc1. The third kappa shape index (κ3) is 6.94. The Hall–Kier alpha value is -4.12. The molecule has 0 spiro atoms. The zero-order valence-electron chi connectivity index (χ0n) is 17.8. The van der Waals surface area contributed by atoms with Crippen LogP contribution in [0.2, 0.25) is 0 Å². The Labute approximate surface area is 190 Å². The van der Waals surface area contributed by atoms with Crippen LogP contribution in [0.25, 0.3) is 11.3 Å². The first kappa shape index (κ1) is 23.5. The quantitative estimate of drug-likeness (QED) is 0.381. The van der Waals surface area contributed by atoms with E-state index in [0.717, 1.165) is 17.6 Å². The molecule has 3 rings (SSSR count). The number of hydrogen-bond acceptors (Lipinski definition) is 8. The molecular weight excluding hydrogens is 446 g/mol. The molecule has 0 aliphatic carbocycles. The zero-order chi connectivity index (χ0) is 23.8. The van der Waals surface area contributed by atoms with Gasteiger partial charge in [0.1, 0.15) is 11.4 Å². The fourth-order valence-electron chi connectivity index (χ4n) is 2.67. The summed E-state index contributed by atoms with van der Waals surface area (Å²) in [6, 6.07) is 13.3. The van der Waals surface area contributed by atoms with Crippen molar-refractivity contribution in [3.8, 4) is 17.0 Å². The number of hydrazone groups is 1. The van der Waals surface area contributed by atoms with E-state index in [9.17, 15) is 18.0 Å². The first-order chi connectivity index (χ1) is 15.7. The van der Waals surface area contributed by atoms with Gasteiger partial charge in [-0.15, -0.1) is 0 Å². The molecule has 0 radical (unpaired) electrons. The molecule has 0 saturated carbocycles. The van der Waals surface area contributed by atoms with E-state index in [-0.39, 0.29) is 11.3 Å². The number of sulfonamides is 1. The molecule has 1 aromatic heterocycles. The molecule has 0 aliphatic rings. The molecular formula is C22H21N5O5S. The third-order valence-corrected chi connectivity index (χ3v) is 4.72. The second-order valence-electron chi connectivity index (χ2n) is 6.77. The number of nitrogens with one attached hydrogen (secondary N) is 2. The van der Waals surface area contributed by atoms with Crippen LogP contribution in [0.4, 0.5) is 0 Å². The molecule has 0 aliphatic heterocycles. The van der Waals surface area contributed by atoms with Crippen LogP contribution in [0.3, 0.4) is 0 Å². The van der Waals surface area contributed by atoms with E-state index in [1.807, 2.05) is 35.9 Å². The molecule has 33 heavy (non-hydrogen) atoms. The Balaban J connectivity index is 1.62. The Morgan fingerprint density at radius 2 is 1.73 bits per heavy atom. The van der Waals surface area contributed by atoms with Crippen molar-refractivity contribution in [2.75, 3.05) is 12.9 Å². The summed E-state index contributed by atoms with van der Waals surface area (Å²) in [4.78, 5) is 32.6. The van der Waals surface area contributed by atoms with E-state index >= 15 is 0 Å². The van der Waals surface area contributed by atoms with Crippen LogP contribution in [0, 0.1) is 0 Å². The standard InChI is InChI=1S/C22H21N5O5S/c1-3-32-18-10-8-16(9-11-18)19-13-23-14-20(25-19)22(29)26-24-12-15-4-6-17(7-5-15)21(28)27-33(2,30)31/h4-14H,3H2,1-2H3,(H,26,29)(H,27,28)/b24-12+. The topological polar surface area (TPSA) is 140 Å². The summed E-state index contributed by atoms with van der Waals surface area (Å²) >= 11 is 0. The molecule has 10 nitrogen and oxygen atoms in total. The van der Waals surface area contributed by atoms with E-state index in [1.165, 1.54) is 24.5 Å². The van der Waals surface area contributed by atoms with Gasteiger partial charge < -0.3 is 4.74 Å². The van der Waals surface area contributed by atoms with Gasteiger partial charge in [-0.05, 0) is 48.9 Å². The average molecular weight is 468 g/mol. The highest BCUT2D eigenvalue weighted by Gasteiger charge is 2.11. The molecule has 0 fully saturated rings. The largest absolute Gasteiger partial charge is 0.494 e. The Bertz CT molecular complexity index is 1270. The number of carbonyl (C=O) groups excluding carboxylic acids is 2. The number of aromatic nitrogens is 2. The molecule has 11 heteroatoms. The van der Waals surface area contributed by atoms with Crippen LogP contribution in [-0.2, 0) is 10.0 Å². The van der Waals surface area contributed by atoms with Gasteiger partial charge in [0.2, 0.25) is 10.0 Å². The van der Waals surface area contributed by atoms with E-state index in [0.29, 0.717) is 17.9 Å². The predicted molar refractivity (Wildman–Crippen MR) is 122 cm³/mol. The molecule has 170 valence electrons.